The first-order valence-corrected chi connectivity index (χ1v) is 6.95. The molecule has 0 saturated heterocycles. The van der Waals surface area contributed by atoms with E-state index in [1.807, 2.05) is 25.1 Å². The van der Waals surface area contributed by atoms with Gasteiger partial charge in [0.1, 0.15) is 5.92 Å². The molecular weight excluding hydrogens is 266 g/mol. The number of aromatic amines is 1. The fourth-order valence-corrected chi connectivity index (χ4v) is 1.90. The number of pyridine rings is 1. The summed E-state index contributed by atoms with van der Waals surface area (Å²) in [6, 6.07) is 12.7. The highest BCUT2D eigenvalue weighted by molar-refractivity contribution is 5.96. The third-order valence-corrected chi connectivity index (χ3v) is 3.22. The summed E-state index contributed by atoms with van der Waals surface area (Å²) in [6.07, 6.45) is 4.32. The van der Waals surface area contributed by atoms with Gasteiger partial charge >= 0.3 is 11.7 Å². The molecule has 1 aromatic carbocycles. The predicted octanol–water partition coefficient (Wildman–Crippen LogP) is 2.68. The van der Waals surface area contributed by atoms with Gasteiger partial charge in [-0.3, -0.25) is 9.53 Å². The van der Waals surface area contributed by atoms with Crippen molar-refractivity contribution in [3.05, 3.63) is 60.4 Å². The van der Waals surface area contributed by atoms with Crippen LogP contribution in [-0.2, 0) is 0 Å². The Bertz CT molecular complexity index is 596. The Morgan fingerprint density at radius 3 is 2.67 bits per heavy atom. The van der Waals surface area contributed by atoms with E-state index in [9.17, 15) is 9.59 Å². The molecule has 4 nitrogen and oxygen atoms in total. The third-order valence-electron chi connectivity index (χ3n) is 3.22. The summed E-state index contributed by atoms with van der Waals surface area (Å²) in [4.78, 5) is 24.8. The number of rotatable bonds is 6. The van der Waals surface area contributed by atoms with Crippen LogP contribution in [0.4, 0.5) is 0 Å². The van der Waals surface area contributed by atoms with Crippen molar-refractivity contribution in [3.63, 3.8) is 0 Å². The van der Waals surface area contributed by atoms with E-state index in [0.29, 0.717) is 24.2 Å². The van der Waals surface area contributed by atoms with Gasteiger partial charge < -0.3 is 4.79 Å². The van der Waals surface area contributed by atoms with Crippen molar-refractivity contribution in [3.8, 4) is 5.75 Å². The molecule has 0 spiro atoms. The number of ketones is 1. The van der Waals surface area contributed by atoms with Gasteiger partial charge in [0.2, 0.25) is 6.20 Å². The summed E-state index contributed by atoms with van der Waals surface area (Å²) in [5.74, 6) is 0.327. The Morgan fingerprint density at radius 1 is 1.24 bits per heavy atom. The molecular formula is C17H19NO3+2. The van der Waals surface area contributed by atoms with Crippen LogP contribution in [0.5, 0.6) is 5.75 Å². The fraction of sp³-hybridized carbons (Fsp3) is 0.235. The summed E-state index contributed by atoms with van der Waals surface area (Å²) in [7, 11) is 0. The second-order valence-electron chi connectivity index (χ2n) is 4.91. The van der Waals surface area contributed by atoms with Gasteiger partial charge in [0.05, 0.1) is 0 Å². The smallest absolute Gasteiger partial charge is 0.338 e. The number of H-pyrrole nitrogens is 1. The van der Waals surface area contributed by atoms with Crippen molar-refractivity contribution < 1.29 is 19.3 Å². The molecule has 1 heterocycles. The second-order valence-corrected chi connectivity index (χ2v) is 4.91. The van der Waals surface area contributed by atoms with E-state index in [0.717, 1.165) is 0 Å². The highest BCUT2D eigenvalue weighted by Crippen LogP contribution is 2.14. The van der Waals surface area contributed by atoms with Gasteiger partial charge in [-0.05, 0) is 13.3 Å². The largest absolute Gasteiger partial charge is 0.492 e. The van der Waals surface area contributed by atoms with Crippen LogP contribution in [0.1, 0.15) is 30.1 Å². The van der Waals surface area contributed by atoms with E-state index in [2.05, 4.69) is 4.98 Å². The van der Waals surface area contributed by atoms with Crippen LogP contribution in [0, 0.1) is 5.92 Å². The van der Waals surface area contributed by atoms with Crippen molar-refractivity contribution >= 4 is 11.8 Å². The SMILES string of the molecule is CC(CCC(=O)c1ccccc1)C(=[OH+])Oc1ccc[nH+]c1. The maximum Gasteiger partial charge on any atom is 0.492 e. The molecule has 0 aliphatic heterocycles. The van der Waals surface area contributed by atoms with E-state index in [-0.39, 0.29) is 17.7 Å². The molecule has 2 rings (SSSR count). The predicted molar refractivity (Wildman–Crippen MR) is 79.7 cm³/mol. The van der Waals surface area contributed by atoms with Crippen molar-refractivity contribution in [1.29, 1.82) is 0 Å². The number of hydrogen-bond acceptors (Lipinski definition) is 2. The normalized spacial score (nSPS) is 11.7. The van der Waals surface area contributed by atoms with E-state index in [1.54, 1.807) is 36.7 Å². The molecule has 0 aliphatic rings. The molecule has 0 radical (unpaired) electrons. The van der Waals surface area contributed by atoms with Crippen molar-refractivity contribution in [2.45, 2.75) is 19.8 Å². The van der Waals surface area contributed by atoms with E-state index >= 15 is 0 Å². The fourth-order valence-electron chi connectivity index (χ4n) is 1.90. The Balaban J connectivity index is 1.83. The summed E-state index contributed by atoms with van der Waals surface area (Å²) in [6.45, 7) is 1.83. The molecule has 21 heavy (non-hydrogen) atoms. The van der Waals surface area contributed by atoms with E-state index < -0.39 is 0 Å². The first-order valence-electron chi connectivity index (χ1n) is 6.95. The highest BCUT2D eigenvalue weighted by Gasteiger charge is 2.25. The number of hydrogen-bond donors (Lipinski definition) is 0. The first-order chi connectivity index (χ1) is 10.2. The molecule has 0 saturated carbocycles. The number of carbonyl (C=O) groups is 1. The molecule has 4 heteroatoms. The molecule has 0 fully saturated rings. The zero-order valence-corrected chi connectivity index (χ0v) is 12.0. The monoisotopic (exact) mass is 285 g/mol. The lowest BCUT2D eigenvalue weighted by Crippen LogP contribution is -2.20. The lowest BCUT2D eigenvalue weighted by Gasteiger charge is -2.04. The zero-order chi connectivity index (χ0) is 15.1. The maximum atomic E-state index is 12.0. The molecule has 1 unspecified atom stereocenters. The van der Waals surface area contributed by atoms with Gasteiger partial charge in [-0.15, -0.1) is 0 Å². The van der Waals surface area contributed by atoms with Crippen LogP contribution in [0.2, 0.25) is 0 Å². The van der Waals surface area contributed by atoms with Crippen LogP contribution < -0.4 is 9.72 Å². The lowest BCUT2D eigenvalue weighted by atomic mass is 10.0. The molecule has 2 N–H and O–H groups in total. The van der Waals surface area contributed by atoms with Crippen LogP contribution in [0.3, 0.4) is 0 Å². The Kier molecular flexibility index (Phi) is 5.21. The zero-order valence-electron chi connectivity index (χ0n) is 12.0. The summed E-state index contributed by atoms with van der Waals surface area (Å²) in [5, 5.41) is 0. The molecule has 1 aromatic heterocycles. The average molecular weight is 285 g/mol. The minimum atomic E-state index is -0.210. The maximum absolute atomic E-state index is 12.0. The number of Topliss-reactive ketones (excluding diaryl/α,β-unsaturated/α-hetero) is 1. The number of esters is 1. The van der Waals surface area contributed by atoms with Gasteiger partial charge in [-0.2, -0.15) is 0 Å². The Hall–Kier alpha value is -2.49. The Labute approximate surface area is 123 Å². The van der Waals surface area contributed by atoms with E-state index in [1.165, 1.54) is 0 Å². The minimum absolute atomic E-state index is 0.0725. The number of aromatic nitrogens is 1. The van der Waals surface area contributed by atoms with Crippen molar-refractivity contribution in [2.24, 2.45) is 5.92 Å². The lowest BCUT2D eigenvalue weighted by molar-refractivity contribution is -0.378. The van der Waals surface area contributed by atoms with Gasteiger partial charge in [0, 0.05) is 24.1 Å². The molecule has 108 valence electrons. The molecule has 2 aromatic rings. The summed E-state index contributed by atoms with van der Waals surface area (Å²) < 4.78 is 5.34. The number of carbonyl (C=O) groups excluding carboxylic acids is 2. The number of nitrogens with one attached hydrogen (secondary N) is 1. The van der Waals surface area contributed by atoms with Crippen LogP contribution in [0.15, 0.2) is 54.9 Å². The minimum Gasteiger partial charge on any atom is -0.338 e. The second kappa shape index (κ2) is 7.33. The van der Waals surface area contributed by atoms with Gasteiger partial charge in [0.15, 0.2) is 12.0 Å². The molecule has 1 atom stereocenters. The van der Waals surface area contributed by atoms with Crippen molar-refractivity contribution in [2.75, 3.05) is 0 Å². The summed E-state index contributed by atoms with van der Waals surface area (Å²) in [5.41, 5.74) is 0.697. The number of ether oxygens (including phenoxy) is 1. The third kappa shape index (κ3) is 4.53. The average Bonchev–Trinajstić information content (AvgIpc) is 2.54. The van der Waals surface area contributed by atoms with Gasteiger partial charge in [-0.25, -0.2) is 4.98 Å². The van der Waals surface area contributed by atoms with Crippen molar-refractivity contribution in [1.82, 2.24) is 0 Å². The standard InChI is InChI=1S/C17H17NO3/c1-13(17(20)21-15-8-5-11-18-12-15)9-10-16(19)14-6-3-2-4-7-14/h2-8,11-13H,9-10H2,1H3/p+2. The molecule has 0 bridgehead atoms. The Morgan fingerprint density at radius 2 is 2.00 bits per heavy atom. The first kappa shape index (κ1) is 14.9. The van der Waals surface area contributed by atoms with Gasteiger partial charge in [-0.1, -0.05) is 30.3 Å². The molecule has 0 amide bonds. The molecule has 0 aliphatic carbocycles. The van der Waals surface area contributed by atoms with E-state index in [4.69, 9.17) is 4.74 Å². The van der Waals surface area contributed by atoms with Crippen LogP contribution in [0.25, 0.3) is 0 Å². The highest BCUT2D eigenvalue weighted by atomic mass is 16.5. The topological polar surface area (TPSA) is 61.8 Å². The quantitative estimate of drug-likeness (QED) is 0.465. The van der Waals surface area contributed by atoms with Crippen LogP contribution in [-0.4, -0.2) is 16.5 Å². The van der Waals surface area contributed by atoms with Gasteiger partial charge in [0.25, 0.3) is 0 Å². The van der Waals surface area contributed by atoms with Crippen LogP contribution >= 0.6 is 0 Å². The summed E-state index contributed by atoms with van der Waals surface area (Å²) >= 11 is 0. The number of benzene rings is 1.